The molecule has 3 aromatic rings. The first-order chi connectivity index (χ1) is 12.7. The van der Waals surface area contributed by atoms with Crippen LogP contribution in [-0.2, 0) is 11.8 Å². The predicted octanol–water partition coefficient (Wildman–Crippen LogP) is 1.72. The molecule has 1 atom stereocenters. The Balaban J connectivity index is 1.39. The van der Waals surface area contributed by atoms with Crippen LogP contribution in [0.1, 0.15) is 18.2 Å². The summed E-state index contributed by atoms with van der Waals surface area (Å²) in [5.74, 6) is 2.67. The molecular formula is C17H15N5O4. The highest BCUT2D eigenvalue weighted by Gasteiger charge is 2.36. The number of benzene rings is 1. The minimum atomic E-state index is -0.158. The fourth-order valence-corrected chi connectivity index (χ4v) is 3.25. The fourth-order valence-electron chi connectivity index (χ4n) is 3.25. The second kappa shape index (κ2) is 5.58. The minimum Gasteiger partial charge on any atom is -0.454 e. The van der Waals surface area contributed by atoms with E-state index in [-0.39, 0.29) is 18.6 Å². The standard InChI is InChI=1S/C17H15N5O4/c1-21-5-4-18-16(21)15-19-17(26-20-15)10-6-14(23)22(8-10)11-2-3-12-13(7-11)25-9-24-12/h2-5,7,10H,6,8-9H2,1H3. The van der Waals surface area contributed by atoms with E-state index >= 15 is 0 Å². The molecule has 132 valence electrons. The average Bonchev–Trinajstić information content (AvgIpc) is 3.40. The van der Waals surface area contributed by atoms with Gasteiger partial charge in [0, 0.05) is 44.2 Å². The number of hydrogen-bond acceptors (Lipinski definition) is 7. The topological polar surface area (TPSA) is 95.5 Å². The number of fused-ring (bicyclic) bond motifs is 1. The van der Waals surface area contributed by atoms with Crippen LogP contribution >= 0.6 is 0 Å². The molecule has 2 aliphatic heterocycles. The van der Waals surface area contributed by atoms with Gasteiger partial charge in [0.15, 0.2) is 17.3 Å². The quantitative estimate of drug-likeness (QED) is 0.707. The molecule has 2 aromatic heterocycles. The van der Waals surface area contributed by atoms with E-state index in [9.17, 15) is 4.79 Å². The Morgan fingerprint density at radius 3 is 2.96 bits per heavy atom. The number of amides is 1. The summed E-state index contributed by atoms with van der Waals surface area (Å²) in [5, 5.41) is 4.00. The average molecular weight is 353 g/mol. The highest BCUT2D eigenvalue weighted by molar-refractivity contribution is 5.96. The van der Waals surface area contributed by atoms with Gasteiger partial charge in [-0.2, -0.15) is 4.98 Å². The van der Waals surface area contributed by atoms with Gasteiger partial charge in [-0.3, -0.25) is 4.79 Å². The lowest BCUT2D eigenvalue weighted by atomic mass is 10.1. The summed E-state index contributed by atoms with van der Waals surface area (Å²) >= 11 is 0. The maximum absolute atomic E-state index is 12.5. The predicted molar refractivity (Wildman–Crippen MR) is 88.8 cm³/mol. The first kappa shape index (κ1) is 14.9. The summed E-state index contributed by atoms with van der Waals surface area (Å²) in [5.41, 5.74) is 0.769. The zero-order valence-corrected chi connectivity index (χ0v) is 14.0. The van der Waals surface area contributed by atoms with Crippen LogP contribution in [0.15, 0.2) is 35.1 Å². The molecule has 0 saturated carbocycles. The Labute approximate surface area is 148 Å². The normalized spacial score (nSPS) is 18.7. The second-order valence-electron chi connectivity index (χ2n) is 6.26. The lowest BCUT2D eigenvalue weighted by Gasteiger charge is -2.16. The van der Waals surface area contributed by atoms with Crippen molar-refractivity contribution >= 4 is 11.6 Å². The summed E-state index contributed by atoms with van der Waals surface area (Å²) in [6.07, 6.45) is 3.80. The van der Waals surface area contributed by atoms with Crippen LogP contribution in [0.3, 0.4) is 0 Å². The Kier molecular flexibility index (Phi) is 3.21. The maximum Gasteiger partial charge on any atom is 0.238 e. The van der Waals surface area contributed by atoms with Gasteiger partial charge >= 0.3 is 0 Å². The molecule has 1 unspecified atom stereocenters. The van der Waals surface area contributed by atoms with E-state index in [2.05, 4.69) is 15.1 Å². The first-order valence-electron chi connectivity index (χ1n) is 8.20. The lowest BCUT2D eigenvalue weighted by molar-refractivity contribution is -0.117. The van der Waals surface area contributed by atoms with Crippen molar-refractivity contribution in [3.05, 3.63) is 36.5 Å². The zero-order valence-electron chi connectivity index (χ0n) is 14.0. The second-order valence-corrected chi connectivity index (χ2v) is 6.26. The molecule has 0 N–H and O–H groups in total. The molecule has 2 aliphatic rings. The van der Waals surface area contributed by atoms with Crippen LogP contribution in [0.4, 0.5) is 5.69 Å². The molecule has 0 bridgehead atoms. The summed E-state index contributed by atoms with van der Waals surface area (Å²) in [4.78, 5) is 22.8. The molecule has 1 fully saturated rings. The van der Waals surface area contributed by atoms with E-state index in [1.54, 1.807) is 11.1 Å². The van der Waals surface area contributed by atoms with Gasteiger partial charge in [0.05, 0.1) is 5.92 Å². The number of carbonyl (C=O) groups excluding carboxylic acids is 1. The van der Waals surface area contributed by atoms with E-state index in [1.165, 1.54) is 0 Å². The molecule has 9 nitrogen and oxygen atoms in total. The number of nitrogens with zero attached hydrogens (tertiary/aromatic N) is 5. The first-order valence-corrected chi connectivity index (χ1v) is 8.20. The van der Waals surface area contributed by atoms with Gasteiger partial charge in [0.25, 0.3) is 0 Å². The van der Waals surface area contributed by atoms with Crippen molar-refractivity contribution in [3.63, 3.8) is 0 Å². The molecule has 4 heterocycles. The summed E-state index contributed by atoms with van der Waals surface area (Å²) in [6.45, 7) is 0.675. The van der Waals surface area contributed by atoms with Crippen LogP contribution < -0.4 is 14.4 Å². The van der Waals surface area contributed by atoms with E-state index < -0.39 is 0 Å². The Morgan fingerprint density at radius 2 is 2.12 bits per heavy atom. The van der Waals surface area contributed by atoms with Gasteiger partial charge in [0.1, 0.15) is 0 Å². The third-order valence-corrected chi connectivity index (χ3v) is 4.61. The SMILES string of the molecule is Cn1ccnc1-c1noc(C2CC(=O)N(c3ccc4c(c3)OCO4)C2)n1. The summed E-state index contributed by atoms with van der Waals surface area (Å²) in [6, 6.07) is 5.47. The third-order valence-electron chi connectivity index (χ3n) is 4.61. The minimum absolute atomic E-state index is 0.00519. The van der Waals surface area contributed by atoms with Gasteiger partial charge in [-0.15, -0.1) is 0 Å². The van der Waals surface area contributed by atoms with Crippen LogP contribution in [0, 0.1) is 0 Å². The van der Waals surface area contributed by atoms with Gasteiger partial charge < -0.3 is 23.5 Å². The molecule has 1 saturated heterocycles. The lowest BCUT2D eigenvalue weighted by Crippen LogP contribution is -2.24. The van der Waals surface area contributed by atoms with Crippen LogP contribution in [0.5, 0.6) is 11.5 Å². The molecule has 9 heteroatoms. The van der Waals surface area contributed by atoms with Crippen molar-refractivity contribution in [3.8, 4) is 23.1 Å². The van der Waals surface area contributed by atoms with Gasteiger partial charge in [0.2, 0.25) is 24.4 Å². The highest BCUT2D eigenvalue weighted by atomic mass is 16.7. The Hall–Kier alpha value is -3.36. The number of aromatic nitrogens is 4. The monoisotopic (exact) mass is 353 g/mol. The summed E-state index contributed by atoms with van der Waals surface area (Å²) in [7, 11) is 1.86. The van der Waals surface area contributed by atoms with Crippen molar-refractivity contribution < 1.29 is 18.8 Å². The largest absolute Gasteiger partial charge is 0.454 e. The number of hydrogen-bond donors (Lipinski definition) is 0. The van der Waals surface area contributed by atoms with Crippen LogP contribution in [0.2, 0.25) is 0 Å². The molecule has 1 amide bonds. The van der Waals surface area contributed by atoms with E-state index in [0.29, 0.717) is 42.0 Å². The van der Waals surface area contributed by atoms with Gasteiger partial charge in [-0.05, 0) is 12.1 Å². The van der Waals surface area contributed by atoms with Gasteiger partial charge in [-0.25, -0.2) is 4.98 Å². The molecule has 1 aromatic carbocycles. The van der Waals surface area contributed by atoms with E-state index in [4.69, 9.17) is 14.0 Å². The van der Waals surface area contributed by atoms with Crippen LogP contribution in [0.25, 0.3) is 11.6 Å². The molecular weight excluding hydrogens is 338 g/mol. The molecule has 26 heavy (non-hydrogen) atoms. The highest BCUT2D eigenvalue weighted by Crippen LogP contribution is 2.38. The fraction of sp³-hybridized carbons (Fsp3) is 0.294. The van der Waals surface area contributed by atoms with Gasteiger partial charge in [-0.1, -0.05) is 5.16 Å². The summed E-state index contributed by atoms with van der Waals surface area (Å²) < 4.78 is 17.9. The molecule has 0 aliphatic carbocycles. The molecule has 0 radical (unpaired) electrons. The molecule has 0 spiro atoms. The number of rotatable bonds is 3. The Morgan fingerprint density at radius 1 is 1.23 bits per heavy atom. The van der Waals surface area contributed by atoms with E-state index in [1.807, 2.05) is 36.0 Å². The number of ether oxygens (including phenoxy) is 2. The van der Waals surface area contributed by atoms with Crippen molar-refractivity contribution in [2.75, 3.05) is 18.2 Å². The van der Waals surface area contributed by atoms with Crippen molar-refractivity contribution in [2.24, 2.45) is 7.05 Å². The smallest absolute Gasteiger partial charge is 0.238 e. The number of carbonyl (C=O) groups is 1. The number of imidazole rings is 1. The maximum atomic E-state index is 12.5. The third kappa shape index (κ3) is 2.32. The van der Waals surface area contributed by atoms with Crippen molar-refractivity contribution in [2.45, 2.75) is 12.3 Å². The molecule has 5 rings (SSSR count). The number of aryl methyl sites for hydroxylation is 1. The van der Waals surface area contributed by atoms with Crippen LogP contribution in [-0.4, -0.2) is 38.9 Å². The van der Waals surface area contributed by atoms with Crippen molar-refractivity contribution in [1.29, 1.82) is 0 Å². The zero-order chi connectivity index (χ0) is 17.7. The van der Waals surface area contributed by atoms with E-state index in [0.717, 1.165) is 5.69 Å². The number of anilines is 1. The Bertz CT molecular complexity index is 995. The van der Waals surface area contributed by atoms with Crippen molar-refractivity contribution in [1.82, 2.24) is 19.7 Å².